The summed E-state index contributed by atoms with van der Waals surface area (Å²) in [5.74, 6) is -12.0. The second-order valence-corrected chi connectivity index (χ2v) is 21.9. The van der Waals surface area contributed by atoms with Crippen LogP contribution in [0.15, 0.2) is 24.3 Å². The SMILES string of the molecule is CC[C@H](C)[C@H](NC(=O)[C@@H](NC(=O)[C@@H]1CCCN1C(=O)[C@H](CC(N)=O)NC(=O)[C@H](CCC(N)=O)NC(=O)[C@H](CO)NC(=O)[C@@H]1CCCN1C(=O)[C@H](Cc1ccc(O)cc1)NC(=O)[C@@H](N)CC(C)C)C(C)C)C(=O)N[C@@H](CCCCN)C(=O)O. The van der Waals surface area contributed by atoms with Crippen molar-refractivity contribution >= 4 is 70.9 Å². The molecule has 2 heterocycles. The molecule has 11 atom stereocenters. The topological polar surface area (TPSA) is 460 Å². The summed E-state index contributed by atoms with van der Waals surface area (Å²) in [4.78, 5) is 164. The molecule has 1 aromatic rings. The van der Waals surface area contributed by atoms with Gasteiger partial charge in [-0.1, -0.05) is 60.1 Å². The zero-order chi connectivity index (χ0) is 61.5. The van der Waals surface area contributed by atoms with Crippen molar-refractivity contribution in [1.29, 1.82) is 0 Å². The molecule has 0 radical (unpaired) electrons. The zero-order valence-electron chi connectivity index (χ0n) is 47.8. The maximum Gasteiger partial charge on any atom is 0.326 e. The predicted octanol–water partition coefficient (Wildman–Crippen LogP) is -3.27. The van der Waals surface area contributed by atoms with Gasteiger partial charge in [-0.3, -0.25) is 52.7 Å². The Morgan fingerprint density at radius 1 is 0.622 bits per heavy atom. The lowest BCUT2D eigenvalue weighted by molar-refractivity contribution is -0.144. The summed E-state index contributed by atoms with van der Waals surface area (Å²) in [6, 6.07) is -7.65. The molecular weight excluding hydrogens is 1070 g/mol. The van der Waals surface area contributed by atoms with Crippen molar-refractivity contribution in [2.45, 2.75) is 185 Å². The summed E-state index contributed by atoms with van der Waals surface area (Å²) < 4.78 is 0. The van der Waals surface area contributed by atoms with Crippen LogP contribution in [-0.2, 0) is 64.0 Å². The number of hydrogen-bond acceptors (Lipinski definition) is 16. The van der Waals surface area contributed by atoms with Crippen LogP contribution in [-0.4, -0.2) is 183 Å². The molecule has 2 saturated heterocycles. The van der Waals surface area contributed by atoms with E-state index in [0.717, 1.165) is 4.90 Å². The van der Waals surface area contributed by atoms with E-state index in [1.165, 1.54) is 17.0 Å². The van der Waals surface area contributed by atoms with Gasteiger partial charge in [0.2, 0.25) is 65.0 Å². The molecule has 0 aliphatic carbocycles. The van der Waals surface area contributed by atoms with Crippen LogP contribution >= 0.6 is 0 Å². The average molecular weight is 1160 g/mol. The van der Waals surface area contributed by atoms with E-state index in [2.05, 4.69) is 37.2 Å². The quantitative estimate of drug-likeness (QED) is 0.0301. The molecule has 11 amide bonds. The highest BCUT2D eigenvalue weighted by atomic mass is 16.4. The second-order valence-electron chi connectivity index (χ2n) is 21.9. The van der Waals surface area contributed by atoms with Gasteiger partial charge in [-0.25, -0.2) is 4.79 Å². The molecule has 458 valence electrons. The molecule has 2 aliphatic rings. The number of aliphatic carboxylic acids is 1. The van der Waals surface area contributed by atoms with E-state index in [4.69, 9.17) is 22.9 Å². The van der Waals surface area contributed by atoms with Gasteiger partial charge in [0.15, 0.2) is 0 Å². The van der Waals surface area contributed by atoms with Crippen molar-refractivity contribution in [2.24, 2.45) is 40.7 Å². The number of nitrogens with two attached hydrogens (primary N) is 4. The Kier molecular flexibility index (Phi) is 28.1. The van der Waals surface area contributed by atoms with Gasteiger partial charge in [-0.2, -0.15) is 0 Å². The average Bonchev–Trinajstić information content (AvgIpc) is 4.27. The number of nitrogens with zero attached hydrogens (tertiary/aromatic N) is 2. The number of primary amides is 2. The monoisotopic (exact) mass is 1160 g/mol. The first-order valence-corrected chi connectivity index (χ1v) is 28.0. The lowest BCUT2D eigenvalue weighted by Gasteiger charge is -2.32. The molecule has 28 nitrogen and oxygen atoms in total. The van der Waals surface area contributed by atoms with E-state index >= 15 is 0 Å². The van der Waals surface area contributed by atoms with Gasteiger partial charge in [-0.15, -0.1) is 0 Å². The number of hydrogen-bond donors (Lipinski definition) is 14. The Morgan fingerprint density at radius 3 is 1.66 bits per heavy atom. The van der Waals surface area contributed by atoms with Crippen molar-refractivity contribution in [3.05, 3.63) is 29.8 Å². The van der Waals surface area contributed by atoms with Crippen molar-refractivity contribution in [3.8, 4) is 5.75 Å². The fourth-order valence-corrected chi connectivity index (χ4v) is 9.67. The number of carbonyl (C=O) groups excluding carboxylic acids is 11. The van der Waals surface area contributed by atoms with E-state index in [1.54, 1.807) is 39.8 Å². The van der Waals surface area contributed by atoms with Crippen molar-refractivity contribution in [2.75, 3.05) is 26.2 Å². The Labute approximate surface area is 477 Å². The van der Waals surface area contributed by atoms with E-state index in [-0.39, 0.29) is 56.9 Å². The normalized spacial score (nSPS) is 18.3. The third kappa shape index (κ3) is 21.1. The van der Waals surface area contributed by atoms with Crippen LogP contribution in [0.1, 0.15) is 124 Å². The Balaban J connectivity index is 1.80. The maximum atomic E-state index is 14.3. The number of carboxylic acids is 1. The maximum absolute atomic E-state index is 14.3. The third-order valence-electron chi connectivity index (χ3n) is 14.5. The minimum absolute atomic E-state index is 0.0301. The number of unbranched alkanes of at least 4 members (excludes halogenated alkanes) is 1. The summed E-state index contributed by atoms with van der Waals surface area (Å²) in [5.41, 5.74) is 23.2. The molecule has 18 N–H and O–H groups in total. The van der Waals surface area contributed by atoms with Crippen LogP contribution in [0.4, 0.5) is 0 Å². The number of amides is 11. The number of likely N-dealkylation sites (tertiary alicyclic amines) is 2. The van der Waals surface area contributed by atoms with Crippen LogP contribution in [0.25, 0.3) is 0 Å². The number of phenolic OH excluding ortho intramolecular Hbond substituents is 1. The van der Waals surface area contributed by atoms with Crippen LogP contribution in [0.5, 0.6) is 5.75 Å². The summed E-state index contributed by atoms with van der Waals surface area (Å²) in [7, 11) is 0. The van der Waals surface area contributed by atoms with Gasteiger partial charge in [0.1, 0.15) is 60.1 Å². The van der Waals surface area contributed by atoms with Gasteiger partial charge < -0.3 is 85.3 Å². The molecule has 28 heteroatoms. The number of aliphatic hydroxyl groups is 1. The van der Waals surface area contributed by atoms with Crippen LogP contribution in [0.3, 0.4) is 0 Å². The van der Waals surface area contributed by atoms with Gasteiger partial charge in [-0.05, 0) is 99.8 Å². The van der Waals surface area contributed by atoms with E-state index in [0.29, 0.717) is 44.2 Å². The highest BCUT2D eigenvalue weighted by Gasteiger charge is 2.43. The zero-order valence-corrected chi connectivity index (χ0v) is 47.8. The summed E-state index contributed by atoms with van der Waals surface area (Å²) in [5, 5.41) is 47.7. The molecule has 0 aromatic heterocycles. The van der Waals surface area contributed by atoms with Crippen molar-refractivity contribution in [3.63, 3.8) is 0 Å². The molecule has 82 heavy (non-hydrogen) atoms. The summed E-state index contributed by atoms with van der Waals surface area (Å²) in [6.45, 7) is 9.77. The van der Waals surface area contributed by atoms with Crippen molar-refractivity contribution in [1.82, 2.24) is 47.0 Å². The van der Waals surface area contributed by atoms with E-state index in [1.807, 2.05) is 13.8 Å². The number of rotatable bonds is 34. The van der Waals surface area contributed by atoms with E-state index in [9.17, 15) is 72.9 Å². The lowest BCUT2D eigenvalue weighted by Crippen LogP contribution is -2.61. The third-order valence-corrected chi connectivity index (χ3v) is 14.5. The fraction of sp³-hybridized carbons (Fsp3) is 0.667. The molecule has 1 aromatic carbocycles. The summed E-state index contributed by atoms with van der Waals surface area (Å²) in [6.07, 6.45) is 0.709. The number of aromatic hydroxyl groups is 1. The molecule has 2 aliphatic heterocycles. The first kappa shape index (κ1) is 68.8. The number of benzene rings is 1. The van der Waals surface area contributed by atoms with E-state index < -0.39 is 169 Å². The molecular formula is C54H87N13O15. The highest BCUT2D eigenvalue weighted by molar-refractivity contribution is 6.00. The molecule has 0 spiro atoms. The lowest BCUT2D eigenvalue weighted by atomic mass is 9.95. The highest BCUT2D eigenvalue weighted by Crippen LogP contribution is 2.23. The Hall–Kier alpha value is -7.46. The van der Waals surface area contributed by atoms with Gasteiger partial charge >= 0.3 is 5.97 Å². The number of aliphatic hydroxyl groups excluding tert-OH is 1. The van der Waals surface area contributed by atoms with Crippen molar-refractivity contribution < 1.29 is 72.9 Å². The van der Waals surface area contributed by atoms with Crippen LogP contribution in [0.2, 0.25) is 0 Å². The first-order chi connectivity index (χ1) is 38.6. The number of phenols is 1. The Bertz CT molecular complexity index is 2410. The predicted molar refractivity (Wildman–Crippen MR) is 296 cm³/mol. The smallest absolute Gasteiger partial charge is 0.326 e. The summed E-state index contributed by atoms with van der Waals surface area (Å²) >= 11 is 0. The fourth-order valence-electron chi connectivity index (χ4n) is 9.67. The van der Waals surface area contributed by atoms with Crippen LogP contribution in [0, 0.1) is 17.8 Å². The van der Waals surface area contributed by atoms with Crippen LogP contribution < -0.4 is 60.2 Å². The minimum atomic E-state index is -1.77. The minimum Gasteiger partial charge on any atom is -0.508 e. The number of carboxylic acid groups (broad SMARTS) is 1. The molecule has 2 fully saturated rings. The number of nitrogens with one attached hydrogen (secondary N) is 7. The van der Waals surface area contributed by atoms with Gasteiger partial charge in [0.25, 0.3) is 0 Å². The molecule has 3 rings (SSSR count). The second kappa shape index (κ2) is 33.5. The Morgan fingerprint density at radius 2 is 1.15 bits per heavy atom. The first-order valence-electron chi connectivity index (χ1n) is 28.0. The molecule has 0 saturated carbocycles. The molecule has 0 unspecified atom stereocenters. The van der Waals surface area contributed by atoms with Gasteiger partial charge in [0.05, 0.1) is 19.1 Å². The number of carbonyl (C=O) groups is 12. The standard InChI is InChI=1S/C54H87N13O15/c1-7-30(6)44(51(78)60-35(54(81)82)12-8-9-21-55)65-50(77)43(29(4)5)64-49(76)40-14-11-23-67(40)53(80)37(26-42(58)71)62-46(73)34(19-20-41(57)70)59-47(74)38(27-68)63-48(75)39-13-10-22-66(39)52(79)36(25-31-15-17-32(69)18-16-31)61-45(72)33(56)24-28(2)3/h15-18,28-30,33-40,43-44,68-69H,7-14,19-27,55-56H2,1-6H3,(H2,57,70)(H2,58,71)(H,59,74)(H,60,78)(H,61,72)(H,62,73)(H,63,75)(H,64,76)(H,65,77)(H,81,82)/t30-,33-,34-,35-,36-,37-,38-,39-,40-,43-,44-/m0/s1. The largest absolute Gasteiger partial charge is 0.508 e. The molecule has 0 bridgehead atoms. The van der Waals surface area contributed by atoms with Gasteiger partial charge in [0, 0.05) is 25.9 Å².